The summed E-state index contributed by atoms with van der Waals surface area (Å²) in [7, 11) is 1.80. The van der Waals surface area contributed by atoms with Crippen molar-refractivity contribution in [1.82, 2.24) is 4.90 Å². The predicted octanol–water partition coefficient (Wildman–Crippen LogP) is 2.26. The van der Waals surface area contributed by atoms with Crippen LogP contribution in [0.15, 0.2) is 24.3 Å². The second-order valence-corrected chi connectivity index (χ2v) is 5.29. The van der Waals surface area contributed by atoms with Gasteiger partial charge in [-0.05, 0) is 36.8 Å². The fourth-order valence-corrected chi connectivity index (χ4v) is 3.04. The maximum Gasteiger partial charge on any atom is 0.0589 e. The number of rotatable bonds is 5. The predicted molar refractivity (Wildman–Crippen MR) is 69.2 cm³/mol. The summed E-state index contributed by atoms with van der Waals surface area (Å²) in [5.41, 5.74) is 3.11. The first kappa shape index (κ1) is 11.2. The molecule has 17 heavy (non-hydrogen) atoms. The molecule has 92 valence electrons. The third-order valence-corrected chi connectivity index (χ3v) is 4.07. The molecule has 2 heteroatoms. The first-order valence-electron chi connectivity index (χ1n) is 6.70. The van der Waals surface area contributed by atoms with E-state index >= 15 is 0 Å². The van der Waals surface area contributed by atoms with Crippen LogP contribution in [0, 0.1) is 0 Å². The first-order chi connectivity index (χ1) is 8.38. The molecule has 0 bridgehead atoms. The number of nitrogens with zero attached hydrogens (tertiary/aromatic N) is 1. The van der Waals surface area contributed by atoms with Crippen LogP contribution in [0.5, 0.6) is 0 Å². The minimum Gasteiger partial charge on any atom is -0.383 e. The van der Waals surface area contributed by atoms with Gasteiger partial charge in [0.2, 0.25) is 0 Å². The van der Waals surface area contributed by atoms with Crippen LogP contribution in [0.4, 0.5) is 0 Å². The third kappa shape index (κ3) is 2.38. The Labute approximate surface area is 104 Å². The van der Waals surface area contributed by atoms with Crippen LogP contribution >= 0.6 is 0 Å². The van der Waals surface area contributed by atoms with Gasteiger partial charge in [0.25, 0.3) is 0 Å². The molecular weight excluding hydrogens is 210 g/mol. The van der Waals surface area contributed by atoms with Gasteiger partial charge in [0.05, 0.1) is 6.61 Å². The Hall–Kier alpha value is -0.860. The average molecular weight is 231 g/mol. The van der Waals surface area contributed by atoms with E-state index in [9.17, 15) is 0 Å². The molecule has 1 fully saturated rings. The van der Waals surface area contributed by atoms with E-state index in [0.29, 0.717) is 0 Å². The third-order valence-electron chi connectivity index (χ3n) is 4.07. The van der Waals surface area contributed by atoms with Crippen molar-refractivity contribution in [2.24, 2.45) is 0 Å². The van der Waals surface area contributed by atoms with Crippen LogP contribution in [-0.4, -0.2) is 37.2 Å². The number of ether oxygens (including phenoxy) is 1. The molecule has 2 aliphatic rings. The molecule has 0 heterocycles. The lowest BCUT2D eigenvalue weighted by Crippen LogP contribution is -2.39. The van der Waals surface area contributed by atoms with Crippen molar-refractivity contribution < 1.29 is 4.74 Å². The molecule has 0 saturated heterocycles. The van der Waals surface area contributed by atoms with Crippen LogP contribution in [0.2, 0.25) is 0 Å². The summed E-state index contributed by atoms with van der Waals surface area (Å²) in [6.07, 6.45) is 5.24. The van der Waals surface area contributed by atoms with Crippen molar-refractivity contribution in [1.29, 1.82) is 0 Å². The van der Waals surface area contributed by atoms with Gasteiger partial charge >= 0.3 is 0 Å². The van der Waals surface area contributed by atoms with E-state index in [1.165, 1.54) is 25.7 Å². The normalized spacial score (nSPS) is 19.9. The van der Waals surface area contributed by atoms with E-state index in [1.807, 2.05) is 0 Å². The smallest absolute Gasteiger partial charge is 0.0589 e. The summed E-state index contributed by atoms with van der Waals surface area (Å²) in [6.45, 7) is 1.96. The lowest BCUT2D eigenvalue weighted by molar-refractivity contribution is 0.116. The number of methoxy groups -OCH3 is 1. The van der Waals surface area contributed by atoms with E-state index in [4.69, 9.17) is 4.74 Å². The quantitative estimate of drug-likeness (QED) is 0.771. The van der Waals surface area contributed by atoms with Gasteiger partial charge < -0.3 is 4.74 Å². The second kappa shape index (κ2) is 4.79. The van der Waals surface area contributed by atoms with Crippen molar-refractivity contribution in [3.8, 4) is 0 Å². The highest BCUT2D eigenvalue weighted by atomic mass is 16.5. The molecule has 0 aliphatic heterocycles. The molecule has 2 nitrogen and oxygen atoms in total. The highest BCUT2D eigenvalue weighted by Gasteiger charge is 2.36. The molecule has 0 radical (unpaired) electrons. The maximum atomic E-state index is 5.25. The van der Waals surface area contributed by atoms with Crippen molar-refractivity contribution >= 4 is 0 Å². The highest BCUT2D eigenvalue weighted by molar-refractivity contribution is 5.33. The summed E-state index contributed by atoms with van der Waals surface area (Å²) in [5, 5.41) is 0. The van der Waals surface area contributed by atoms with E-state index in [-0.39, 0.29) is 0 Å². The van der Waals surface area contributed by atoms with Gasteiger partial charge in [0, 0.05) is 25.7 Å². The number of fused-ring (bicyclic) bond motifs is 1. The molecular formula is C15H21NO. The highest BCUT2D eigenvalue weighted by Crippen LogP contribution is 2.33. The van der Waals surface area contributed by atoms with E-state index < -0.39 is 0 Å². The minimum absolute atomic E-state index is 0.718. The van der Waals surface area contributed by atoms with Gasteiger partial charge in [-0.25, -0.2) is 0 Å². The molecule has 0 unspecified atom stereocenters. The van der Waals surface area contributed by atoms with Crippen LogP contribution in [0.25, 0.3) is 0 Å². The van der Waals surface area contributed by atoms with Crippen LogP contribution in [-0.2, 0) is 17.6 Å². The molecule has 0 aromatic heterocycles. The van der Waals surface area contributed by atoms with Gasteiger partial charge in [-0.1, -0.05) is 24.3 Å². The fraction of sp³-hybridized carbons (Fsp3) is 0.600. The van der Waals surface area contributed by atoms with Crippen LogP contribution in [0.1, 0.15) is 24.0 Å². The van der Waals surface area contributed by atoms with Crippen LogP contribution in [0.3, 0.4) is 0 Å². The molecule has 2 aliphatic carbocycles. The largest absolute Gasteiger partial charge is 0.383 e. The SMILES string of the molecule is COCCN(C1CC1)C1Cc2ccccc2C1. The zero-order chi connectivity index (χ0) is 11.7. The molecule has 3 rings (SSSR count). The van der Waals surface area contributed by atoms with E-state index in [0.717, 1.165) is 25.2 Å². The van der Waals surface area contributed by atoms with Crippen molar-refractivity contribution in [2.75, 3.05) is 20.3 Å². The van der Waals surface area contributed by atoms with Gasteiger partial charge in [-0.2, -0.15) is 0 Å². The maximum absolute atomic E-state index is 5.25. The average Bonchev–Trinajstić information content (AvgIpc) is 3.09. The van der Waals surface area contributed by atoms with Gasteiger partial charge in [-0.3, -0.25) is 4.90 Å². The Morgan fingerprint density at radius 3 is 2.29 bits per heavy atom. The Balaban J connectivity index is 1.68. The monoisotopic (exact) mass is 231 g/mol. The van der Waals surface area contributed by atoms with Crippen molar-refractivity contribution in [2.45, 2.75) is 37.8 Å². The molecule has 1 aromatic carbocycles. The summed E-state index contributed by atoms with van der Waals surface area (Å²) in [5.74, 6) is 0. The summed E-state index contributed by atoms with van der Waals surface area (Å²) in [4.78, 5) is 2.68. The number of hydrogen-bond donors (Lipinski definition) is 0. The van der Waals surface area contributed by atoms with Crippen molar-refractivity contribution in [3.05, 3.63) is 35.4 Å². The molecule has 0 spiro atoms. The lowest BCUT2D eigenvalue weighted by Gasteiger charge is -2.28. The van der Waals surface area contributed by atoms with Crippen LogP contribution < -0.4 is 0 Å². The molecule has 0 N–H and O–H groups in total. The molecule has 0 amide bonds. The summed E-state index contributed by atoms with van der Waals surface area (Å²) < 4.78 is 5.25. The zero-order valence-corrected chi connectivity index (χ0v) is 10.6. The van der Waals surface area contributed by atoms with Crippen molar-refractivity contribution in [3.63, 3.8) is 0 Å². The standard InChI is InChI=1S/C15H21NO/c1-17-9-8-16(14-6-7-14)15-10-12-4-2-3-5-13(12)11-15/h2-5,14-15H,6-11H2,1H3. The Morgan fingerprint density at radius 2 is 1.76 bits per heavy atom. The second-order valence-electron chi connectivity index (χ2n) is 5.29. The fourth-order valence-electron chi connectivity index (χ4n) is 3.04. The van der Waals surface area contributed by atoms with Gasteiger partial charge in [0.15, 0.2) is 0 Å². The minimum atomic E-state index is 0.718. The summed E-state index contributed by atoms with van der Waals surface area (Å²) >= 11 is 0. The molecule has 0 atom stereocenters. The van der Waals surface area contributed by atoms with Gasteiger partial charge in [-0.15, -0.1) is 0 Å². The lowest BCUT2D eigenvalue weighted by atomic mass is 10.1. The number of benzene rings is 1. The number of hydrogen-bond acceptors (Lipinski definition) is 2. The summed E-state index contributed by atoms with van der Waals surface area (Å²) in [6, 6.07) is 10.5. The Kier molecular flexibility index (Phi) is 3.17. The Bertz CT molecular complexity index is 361. The van der Waals surface area contributed by atoms with Gasteiger partial charge in [0.1, 0.15) is 0 Å². The molecule has 1 saturated carbocycles. The molecule has 1 aromatic rings. The van der Waals surface area contributed by atoms with E-state index in [1.54, 1.807) is 18.2 Å². The first-order valence-corrected chi connectivity index (χ1v) is 6.70. The Morgan fingerprint density at radius 1 is 1.12 bits per heavy atom. The topological polar surface area (TPSA) is 12.5 Å². The zero-order valence-electron chi connectivity index (χ0n) is 10.6. The van der Waals surface area contributed by atoms with E-state index in [2.05, 4.69) is 29.2 Å².